The van der Waals surface area contributed by atoms with Crippen LogP contribution in [0.2, 0.25) is 0 Å². The van der Waals surface area contributed by atoms with Gasteiger partial charge in [-0.2, -0.15) is 0 Å². The Morgan fingerprint density at radius 3 is 2.68 bits per heavy atom. The molecule has 1 aliphatic rings. The van der Waals surface area contributed by atoms with Gasteiger partial charge in [0, 0.05) is 40.2 Å². The normalized spacial score (nSPS) is 24.7. The minimum absolute atomic E-state index is 0.0695. The molecule has 8 heteroatoms. The number of aliphatic hydroxyl groups is 2. The molecule has 142 valence electrons. The molecule has 0 radical (unpaired) electrons. The molecule has 0 aromatic heterocycles. The van der Waals surface area contributed by atoms with Crippen molar-refractivity contribution in [3.63, 3.8) is 0 Å². The highest BCUT2D eigenvalue weighted by Gasteiger charge is 2.41. The van der Waals surface area contributed by atoms with Crippen molar-refractivity contribution in [3.05, 3.63) is 22.9 Å². The number of hydrogen-bond donors (Lipinski definition) is 2. The summed E-state index contributed by atoms with van der Waals surface area (Å²) in [6.45, 7) is 5.52. The number of hydrogen-bond acceptors (Lipinski definition) is 6. The number of carbonyl (C=O) groups excluding carboxylic acids is 1. The number of Topliss-reactive ketones (excluding diaryl/α,β-unsaturated/α-hetero) is 1. The highest BCUT2D eigenvalue weighted by atomic mass is 35.5. The lowest BCUT2D eigenvalue weighted by atomic mass is 9.79. The molecule has 0 aliphatic heterocycles. The van der Waals surface area contributed by atoms with Gasteiger partial charge in [-0.1, -0.05) is 37.5 Å². The Morgan fingerprint density at radius 1 is 1.48 bits per heavy atom. The van der Waals surface area contributed by atoms with E-state index in [0.29, 0.717) is 17.9 Å². The fourth-order valence-electron chi connectivity index (χ4n) is 2.88. The van der Waals surface area contributed by atoms with Gasteiger partial charge in [0.15, 0.2) is 5.78 Å². The van der Waals surface area contributed by atoms with Crippen LogP contribution in [-0.2, 0) is 20.4 Å². The second-order valence-corrected chi connectivity index (χ2v) is 8.45. The van der Waals surface area contributed by atoms with Crippen LogP contribution in [0.1, 0.15) is 46.5 Å². The Bertz CT molecular complexity index is 602. The van der Waals surface area contributed by atoms with E-state index in [0.717, 1.165) is 0 Å². The standard InChI is InChI=1S/C17H26ClNO5S/c1-4-13(19-24-8-6-7-18)16-14(20)10-17(22,11-15(16)21)9-12(3)25(23)5-2/h6-7,12,20,22H,4-5,8-11H2,1-3H3. The summed E-state index contributed by atoms with van der Waals surface area (Å²) in [7, 11) is -1.08. The second kappa shape index (κ2) is 10.1. The van der Waals surface area contributed by atoms with Crippen LogP contribution >= 0.6 is 11.6 Å². The summed E-state index contributed by atoms with van der Waals surface area (Å²) in [5.41, 5.74) is 0.338. The van der Waals surface area contributed by atoms with Gasteiger partial charge >= 0.3 is 0 Å². The number of aliphatic hydroxyl groups excluding tert-OH is 1. The number of oxime groups is 1. The molecule has 0 amide bonds. The van der Waals surface area contributed by atoms with Gasteiger partial charge in [-0.25, -0.2) is 0 Å². The van der Waals surface area contributed by atoms with E-state index >= 15 is 0 Å². The Morgan fingerprint density at radius 2 is 2.16 bits per heavy atom. The van der Waals surface area contributed by atoms with E-state index in [9.17, 15) is 19.2 Å². The van der Waals surface area contributed by atoms with E-state index in [1.165, 1.54) is 5.54 Å². The molecule has 3 atom stereocenters. The van der Waals surface area contributed by atoms with Crippen molar-refractivity contribution in [2.45, 2.75) is 57.3 Å². The molecule has 0 saturated heterocycles. The average Bonchev–Trinajstić information content (AvgIpc) is 2.54. The third-order valence-electron chi connectivity index (χ3n) is 4.01. The molecule has 3 unspecified atom stereocenters. The highest BCUT2D eigenvalue weighted by molar-refractivity contribution is 7.85. The van der Waals surface area contributed by atoms with Gasteiger partial charge in [0.25, 0.3) is 0 Å². The zero-order valence-corrected chi connectivity index (χ0v) is 16.4. The van der Waals surface area contributed by atoms with Crippen molar-refractivity contribution in [3.8, 4) is 0 Å². The minimum Gasteiger partial charge on any atom is -0.511 e. The maximum atomic E-state index is 12.5. The molecule has 0 spiro atoms. The van der Waals surface area contributed by atoms with E-state index in [1.807, 2.05) is 6.92 Å². The molecular formula is C17H26ClNO5S. The molecule has 1 aliphatic carbocycles. The van der Waals surface area contributed by atoms with Crippen molar-refractivity contribution in [1.82, 2.24) is 0 Å². The van der Waals surface area contributed by atoms with Crippen LogP contribution in [0.25, 0.3) is 0 Å². The quantitative estimate of drug-likeness (QED) is 0.358. The average molecular weight is 392 g/mol. The van der Waals surface area contributed by atoms with Gasteiger partial charge in [0.2, 0.25) is 0 Å². The van der Waals surface area contributed by atoms with Crippen molar-refractivity contribution < 1.29 is 24.1 Å². The van der Waals surface area contributed by atoms with Crippen LogP contribution in [0.5, 0.6) is 0 Å². The molecule has 0 fully saturated rings. The van der Waals surface area contributed by atoms with E-state index in [2.05, 4.69) is 5.16 Å². The van der Waals surface area contributed by atoms with Gasteiger partial charge in [0.1, 0.15) is 12.4 Å². The van der Waals surface area contributed by atoms with Crippen LogP contribution in [-0.4, -0.2) is 49.1 Å². The van der Waals surface area contributed by atoms with Crippen LogP contribution in [0.4, 0.5) is 0 Å². The van der Waals surface area contributed by atoms with Crippen LogP contribution in [0.15, 0.2) is 28.1 Å². The lowest BCUT2D eigenvalue weighted by Gasteiger charge is -2.34. The third kappa shape index (κ3) is 6.24. The summed E-state index contributed by atoms with van der Waals surface area (Å²) in [5.74, 6) is -0.109. The summed E-state index contributed by atoms with van der Waals surface area (Å²) < 4.78 is 11.9. The number of allylic oxidation sites excluding steroid dienone is 1. The van der Waals surface area contributed by atoms with Crippen molar-refractivity contribution in [2.24, 2.45) is 5.16 Å². The predicted molar refractivity (Wildman–Crippen MR) is 100 cm³/mol. The second-order valence-electron chi connectivity index (χ2n) is 6.06. The van der Waals surface area contributed by atoms with Crippen LogP contribution in [0.3, 0.4) is 0 Å². The molecular weight excluding hydrogens is 366 g/mol. The Hall–Kier alpha value is -1.18. The monoisotopic (exact) mass is 391 g/mol. The first-order valence-electron chi connectivity index (χ1n) is 8.27. The van der Waals surface area contributed by atoms with Gasteiger partial charge in [-0.3, -0.25) is 9.00 Å². The number of carbonyl (C=O) groups is 1. The first-order chi connectivity index (χ1) is 11.8. The first kappa shape index (κ1) is 21.9. The first-order valence-corrected chi connectivity index (χ1v) is 10.1. The van der Waals surface area contributed by atoms with Crippen molar-refractivity contribution in [2.75, 3.05) is 12.4 Å². The Kier molecular flexibility index (Phi) is 8.82. The Labute approximate surface area is 156 Å². The molecule has 0 heterocycles. The van der Waals surface area contributed by atoms with Gasteiger partial charge in [0.05, 0.1) is 16.9 Å². The van der Waals surface area contributed by atoms with Crippen molar-refractivity contribution in [1.29, 1.82) is 0 Å². The minimum atomic E-state index is -1.39. The third-order valence-corrected chi connectivity index (χ3v) is 5.82. The lowest BCUT2D eigenvalue weighted by molar-refractivity contribution is -0.122. The summed E-state index contributed by atoms with van der Waals surface area (Å²) in [4.78, 5) is 17.6. The van der Waals surface area contributed by atoms with E-state index in [-0.39, 0.29) is 42.5 Å². The summed E-state index contributed by atoms with van der Waals surface area (Å²) in [6, 6.07) is 0. The molecule has 25 heavy (non-hydrogen) atoms. The molecule has 0 bridgehead atoms. The van der Waals surface area contributed by atoms with Gasteiger partial charge in [-0.15, -0.1) is 0 Å². The van der Waals surface area contributed by atoms with E-state index < -0.39 is 22.2 Å². The fraction of sp³-hybridized carbons (Fsp3) is 0.647. The highest BCUT2D eigenvalue weighted by Crippen LogP contribution is 2.34. The maximum Gasteiger partial charge on any atom is 0.171 e. The van der Waals surface area contributed by atoms with E-state index in [4.69, 9.17) is 16.4 Å². The topological polar surface area (TPSA) is 96.2 Å². The molecule has 0 aromatic carbocycles. The molecule has 0 saturated carbocycles. The van der Waals surface area contributed by atoms with Gasteiger partial charge in [-0.05, 0) is 18.9 Å². The maximum absolute atomic E-state index is 12.5. The number of rotatable bonds is 9. The lowest BCUT2D eigenvalue weighted by Crippen LogP contribution is -2.41. The zero-order chi connectivity index (χ0) is 19.0. The number of nitrogens with zero attached hydrogens (tertiary/aromatic N) is 1. The fourth-order valence-corrected chi connectivity index (χ4v) is 4.01. The van der Waals surface area contributed by atoms with Gasteiger partial charge < -0.3 is 15.1 Å². The Balaban J connectivity index is 2.97. The van der Waals surface area contributed by atoms with Crippen LogP contribution in [0, 0.1) is 0 Å². The number of halogens is 1. The number of ketones is 1. The summed E-state index contributed by atoms with van der Waals surface area (Å²) >= 11 is 5.39. The predicted octanol–water partition coefficient (Wildman–Crippen LogP) is 2.97. The van der Waals surface area contributed by atoms with Crippen molar-refractivity contribution >= 4 is 33.9 Å². The smallest absolute Gasteiger partial charge is 0.171 e. The molecule has 0 aromatic rings. The van der Waals surface area contributed by atoms with E-state index in [1.54, 1.807) is 19.9 Å². The SMILES string of the molecule is CCC(=NOCC=CCl)C1=C(O)CC(O)(CC(C)S(=O)CC)CC1=O. The molecule has 1 rings (SSSR count). The van der Waals surface area contributed by atoms with Crippen LogP contribution < -0.4 is 0 Å². The summed E-state index contributed by atoms with van der Waals surface area (Å²) in [6.07, 6.45) is 1.91. The molecule has 2 N–H and O–H groups in total. The zero-order valence-electron chi connectivity index (χ0n) is 14.8. The molecule has 6 nitrogen and oxygen atoms in total. The summed E-state index contributed by atoms with van der Waals surface area (Å²) in [5, 5.41) is 24.7. The largest absolute Gasteiger partial charge is 0.511 e.